The van der Waals surface area contributed by atoms with Crippen LogP contribution in [0.4, 0.5) is 4.79 Å². The molecule has 0 aliphatic rings. The second-order valence-electron chi connectivity index (χ2n) is 6.57. The number of benzene rings is 1. The molecular formula is C20H26N6O. The van der Waals surface area contributed by atoms with E-state index in [-0.39, 0.29) is 6.03 Å². The largest absolute Gasteiger partial charge is 0.338 e. The van der Waals surface area contributed by atoms with Crippen LogP contribution >= 0.6 is 0 Å². The number of carbonyl (C=O) groups excluding carboxylic acids is 1. The van der Waals surface area contributed by atoms with Crippen molar-refractivity contribution < 1.29 is 4.79 Å². The molecule has 2 amide bonds. The highest BCUT2D eigenvalue weighted by atomic mass is 16.2. The molecule has 0 atom stereocenters. The lowest BCUT2D eigenvalue weighted by molar-refractivity contribution is 0.240. The quantitative estimate of drug-likeness (QED) is 0.602. The van der Waals surface area contributed by atoms with Crippen molar-refractivity contribution in [3.63, 3.8) is 0 Å². The number of rotatable bonds is 8. The molecule has 3 aromatic rings. The van der Waals surface area contributed by atoms with Crippen molar-refractivity contribution in [1.82, 2.24) is 30.2 Å². The molecule has 7 heteroatoms. The van der Waals surface area contributed by atoms with Crippen LogP contribution in [0.3, 0.4) is 0 Å². The van der Waals surface area contributed by atoms with Crippen molar-refractivity contribution in [1.29, 1.82) is 0 Å². The average molecular weight is 366 g/mol. The molecular weight excluding hydrogens is 340 g/mol. The van der Waals surface area contributed by atoms with Crippen molar-refractivity contribution in [3.05, 3.63) is 65.7 Å². The lowest BCUT2D eigenvalue weighted by atomic mass is 10.2. The fourth-order valence-corrected chi connectivity index (χ4v) is 2.93. The number of aromatic nitrogens is 4. The molecule has 2 aromatic heterocycles. The summed E-state index contributed by atoms with van der Waals surface area (Å²) in [6.45, 7) is 6.03. The molecule has 3 rings (SSSR count). The molecule has 0 spiro atoms. The Morgan fingerprint density at radius 2 is 1.89 bits per heavy atom. The highest BCUT2D eigenvalue weighted by molar-refractivity contribution is 5.73. The molecule has 27 heavy (non-hydrogen) atoms. The first-order valence-corrected chi connectivity index (χ1v) is 9.23. The zero-order valence-electron chi connectivity index (χ0n) is 15.9. The number of aryl methyl sites for hydroxylation is 3. The van der Waals surface area contributed by atoms with Crippen LogP contribution in [0.5, 0.6) is 0 Å². The van der Waals surface area contributed by atoms with Crippen LogP contribution in [0.25, 0.3) is 5.69 Å². The van der Waals surface area contributed by atoms with Gasteiger partial charge in [-0.3, -0.25) is 4.68 Å². The molecule has 0 unspecified atom stereocenters. The van der Waals surface area contributed by atoms with Crippen molar-refractivity contribution in [2.24, 2.45) is 0 Å². The van der Waals surface area contributed by atoms with Crippen molar-refractivity contribution in [3.8, 4) is 5.69 Å². The summed E-state index contributed by atoms with van der Waals surface area (Å²) in [5.74, 6) is 0. The van der Waals surface area contributed by atoms with Crippen LogP contribution in [0.1, 0.15) is 23.4 Å². The number of hydrogen-bond acceptors (Lipinski definition) is 3. The minimum absolute atomic E-state index is 0.140. The Labute approximate surface area is 159 Å². The van der Waals surface area contributed by atoms with Crippen molar-refractivity contribution >= 4 is 6.03 Å². The van der Waals surface area contributed by atoms with E-state index in [1.165, 1.54) is 0 Å². The Balaban J connectivity index is 1.33. The Bertz CT molecular complexity index is 868. The Hall–Kier alpha value is -3.09. The lowest BCUT2D eigenvalue weighted by Crippen LogP contribution is -2.37. The summed E-state index contributed by atoms with van der Waals surface area (Å²) in [5, 5.41) is 14.5. The summed E-state index contributed by atoms with van der Waals surface area (Å²) in [7, 11) is 0. The monoisotopic (exact) mass is 366 g/mol. The molecule has 0 aliphatic heterocycles. The fraction of sp³-hybridized carbons (Fsp3) is 0.350. The van der Waals surface area contributed by atoms with Gasteiger partial charge in [0.25, 0.3) is 0 Å². The molecule has 142 valence electrons. The first-order chi connectivity index (χ1) is 13.1. The van der Waals surface area contributed by atoms with E-state index >= 15 is 0 Å². The molecule has 1 aromatic carbocycles. The summed E-state index contributed by atoms with van der Waals surface area (Å²) in [6.07, 6.45) is 5.41. The third-order valence-corrected chi connectivity index (χ3v) is 4.29. The first kappa shape index (κ1) is 18.7. The van der Waals surface area contributed by atoms with Gasteiger partial charge in [-0.15, -0.1) is 0 Å². The van der Waals surface area contributed by atoms with Crippen LogP contribution in [-0.4, -0.2) is 38.7 Å². The average Bonchev–Trinajstić information content (AvgIpc) is 3.26. The number of carbonyl (C=O) groups is 1. The minimum atomic E-state index is -0.140. The van der Waals surface area contributed by atoms with Gasteiger partial charge in [0.1, 0.15) is 0 Å². The van der Waals surface area contributed by atoms with E-state index in [2.05, 4.69) is 26.9 Å². The van der Waals surface area contributed by atoms with Gasteiger partial charge in [0.2, 0.25) is 0 Å². The number of nitrogens with zero attached hydrogens (tertiary/aromatic N) is 4. The summed E-state index contributed by atoms with van der Waals surface area (Å²) in [6, 6.07) is 11.9. The predicted molar refractivity (Wildman–Crippen MR) is 105 cm³/mol. The van der Waals surface area contributed by atoms with Crippen LogP contribution < -0.4 is 10.6 Å². The van der Waals surface area contributed by atoms with Gasteiger partial charge in [-0.1, -0.05) is 18.2 Å². The van der Waals surface area contributed by atoms with E-state index in [1.807, 2.05) is 65.9 Å². The van der Waals surface area contributed by atoms with Gasteiger partial charge < -0.3 is 10.6 Å². The molecule has 0 saturated carbocycles. The predicted octanol–water partition coefficient (Wildman–Crippen LogP) is 2.62. The maximum atomic E-state index is 11.9. The highest BCUT2D eigenvalue weighted by Crippen LogP contribution is 2.07. The fourth-order valence-electron chi connectivity index (χ4n) is 2.93. The third kappa shape index (κ3) is 5.44. The summed E-state index contributed by atoms with van der Waals surface area (Å²) >= 11 is 0. The number of para-hydroxylation sites is 1. The van der Waals surface area contributed by atoms with E-state index < -0.39 is 0 Å². The smallest absolute Gasteiger partial charge is 0.314 e. The maximum absolute atomic E-state index is 11.9. The number of nitrogens with one attached hydrogen (secondary N) is 2. The van der Waals surface area contributed by atoms with Crippen molar-refractivity contribution in [2.45, 2.75) is 33.2 Å². The second kappa shape index (κ2) is 9.02. The zero-order chi connectivity index (χ0) is 19.1. The Morgan fingerprint density at radius 1 is 1.11 bits per heavy atom. The van der Waals surface area contributed by atoms with Gasteiger partial charge >= 0.3 is 6.03 Å². The molecule has 0 bridgehead atoms. The highest BCUT2D eigenvalue weighted by Gasteiger charge is 2.04. The SMILES string of the molecule is Cc1cc(C)n(CCCNC(=O)NCCc2cnn(-c3ccccc3)c2)n1. The Morgan fingerprint density at radius 3 is 2.63 bits per heavy atom. The van der Waals surface area contributed by atoms with Crippen LogP contribution in [0.2, 0.25) is 0 Å². The van der Waals surface area contributed by atoms with Crippen LogP contribution in [0.15, 0.2) is 48.8 Å². The van der Waals surface area contributed by atoms with Gasteiger partial charge in [0.15, 0.2) is 0 Å². The van der Waals surface area contributed by atoms with Gasteiger partial charge in [-0.05, 0) is 50.5 Å². The molecule has 7 nitrogen and oxygen atoms in total. The summed E-state index contributed by atoms with van der Waals surface area (Å²) < 4.78 is 3.81. The number of urea groups is 1. The second-order valence-corrected chi connectivity index (χ2v) is 6.57. The van der Waals surface area contributed by atoms with E-state index in [0.29, 0.717) is 13.1 Å². The van der Waals surface area contributed by atoms with Gasteiger partial charge in [0, 0.05) is 31.5 Å². The topological polar surface area (TPSA) is 76.8 Å². The van der Waals surface area contributed by atoms with Gasteiger partial charge in [-0.25, -0.2) is 9.48 Å². The molecule has 0 aliphatic carbocycles. The minimum Gasteiger partial charge on any atom is -0.338 e. The Kier molecular flexibility index (Phi) is 6.25. The molecule has 0 fully saturated rings. The molecule has 2 N–H and O–H groups in total. The summed E-state index contributed by atoms with van der Waals surface area (Å²) in [5.41, 5.74) is 4.28. The van der Waals surface area contributed by atoms with E-state index in [1.54, 1.807) is 0 Å². The molecule has 0 radical (unpaired) electrons. The molecule has 0 saturated heterocycles. The first-order valence-electron chi connectivity index (χ1n) is 9.23. The standard InChI is InChI=1S/C20H26N6O/c1-16-13-17(2)25(24-16)12-6-10-21-20(27)22-11-9-18-14-23-26(15-18)19-7-4-3-5-8-19/h3-5,7-8,13-15H,6,9-12H2,1-2H3,(H2,21,22,27). The van der Waals surface area contributed by atoms with E-state index in [4.69, 9.17) is 0 Å². The lowest BCUT2D eigenvalue weighted by Gasteiger charge is -2.08. The number of amides is 2. The normalized spacial score (nSPS) is 10.7. The van der Waals surface area contributed by atoms with Gasteiger partial charge in [0.05, 0.1) is 17.6 Å². The van der Waals surface area contributed by atoms with E-state index in [0.717, 1.165) is 42.0 Å². The molecule has 2 heterocycles. The van der Waals surface area contributed by atoms with Crippen LogP contribution in [-0.2, 0) is 13.0 Å². The maximum Gasteiger partial charge on any atom is 0.314 e. The zero-order valence-corrected chi connectivity index (χ0v) is 15.9. The summed E-state index contributed by atoms with van der Waals surface area (Å²) in [4.78, 5) is 11.9. The number of hydrogen-bond donors (Lipinski definition) is 2. The third-order valence-electron chi connectivity index (χ3n) is 4.29. The van der Waals surface area contributed by atoms with E-state index in [9.17, 15) is 4.79 Å². The van der Waals surface area contributed by atoms with Crippen LogP contribution in [0, 0.1) is 13.8 Å². The van der Waals surface area contributed by atoms with Crippen molar-refractivity contribution in [2.75, 3.05) is 13.1 Å². The van der Waals surface area contributed by atoms with Gasteiger partial charge in [-0.2, -0.15) is 10.2 Å².